The van der Waals surface area contributed by atoms with Gasteiger partial charge in [-0.2, -0.15) is 0 Å². The second-order valence-corrected chi connectivity index (χ2v) is 8.04. The number of aryl methyl sites for hydroxylation is 2. The number of carbonyl (C=O) groups excluding carboxylic acids is 2. The van der Waals surface area contributed by atoms with Crippen molar-refractivity contribution in [2.45, 2.75) is 45.7 Å². The van der Waals surface area contributed by atoms with E-state index in [2.05, 4.69) is 14.9 Å². The number of rotatable bonds is 3. The fraction of sp³-hybridized carbons (Fsp3) is 0.455. The molecule has 2 aliphatic heterocycles. The summed E-state index contributed by atoms with van der Waals surface area (Å²) in [5.74, 6) is 1.59. The topological polar surface area (TPSA) is 69.6 Å². The van der Waals surface area contributed by atoms with Gasteiger partial charge >= 0.3 is 6.03 Å². The Bertz CT molecular complexity index is 951. The quantitative estimate of drug-likeness (QED) is 0.750. The number of imide groups is 1. The molecule has 0 bridgehead atoms. The van der Waals surface area contributed by atoms with Crippen LogP contribution in [0.3, 0.4) is 0 Å². The predicted octanol–water partition coefficient (Wildman–Crippen LogP) is 2.84. The van der Waals surface area contributed by atoms with Gasteiger partial charge in [0.2, 0.25) is 0 Å². The summed E-state index contributed by atoms with van der Waals surface area (Å²) in [5.41, 5.74) is 2.30. The van der Waals surface area contributed by atoms with Crippen LogP contribution in [0.4, 0.5) is 10.6 Å². The molecule has 0 radical (unpaired) electrons. The minimum Gasteiger partial charge on any atom is -0.356 e. The molecule has 2 saturated heterocycles. The number of hydrogen-bond donors (Lipinski definition) is 0. The zero-order chi connectivity index (χ0) is 20.8. The summed E-state index contributed by atoms with van der Waals surface area (Å²) < 4.78 is 0. The maximum absolute atomic E-state index is 13.1. The number of hydrogen-bond acceptors (Lipinski definition) is 5. The molecule has 0 atom stereocenters. The van der Waals surface area contributed by atoms with Gasteiger partial charge in [0.1, 0.15) is 17.2 Å². The van der Waals surface area contributed by atoms with Crippen molar-refractivity contribution in [1.82, 2.24) is 19.8 Å². The minimum atomic E-state index is -0.775. The molecule has 0 N–H and O–H groups in total. The first-order chi connectivity index (χ1) is 13.8. The molecule has 4 rings (SSSR count). The second-order valence-electron chi connectivity index (χ2n) is 8.04. The number of likely N-dealkylation sites (N-methyl/N-ethyl adjacent to an activating group) is 1. The van der Waals surface area contributed by atoms with Crippen LogP contribution in [0.1, 0.15) is 35.5 Å². The highest BCUT2D eigenvalue weighted by Gasteiger charge is 2.56. The Morgan fingerprint density at radius 1 is 1.00 bits per heavy atom. The Morgan fingerprint density at radius 2 is 1.66 bits per heavy atom. The third kappa shape index (κ3) is 3.14. The number of carbonyl (C=O) groups is 2. The lowest BCUT2D eigenvalue weighted by atomic mass is 9.85. The van der Waals surface area contributed by atoms with Crippen LogP contribution in [0.15, 0.2) is 30.3 Å². The van der Waals surface area contributed by atoms with Crippen molar-refractivity contribution in [3.63, 3.8) is 0 Å². The smallest absolute Gasteiger partial charge is 0.327 e. The Kier molecular flexibility index (Phi) is 4.76. The van der Waals surface area contributed by atoms with Gasteiger partial charge in [-0.3, -0.25) is 9.69 Å². The van der Waals surface area contributed by atoms with Crippen LogP contribution in [0.5, 0.6) is 0 Å². The molecule has 0 unspecified atom stereocenters. The molecule has 152 valence electrons. The Hall–Kier alpha value is -2.96. The molecular weight excluding hydrogens is 366 g/mol. The molecule has 2 aliphatic rings. The molecule has 7 heteroatoms. The van der Waals surface area contributed by atoms with Gasteiger partial charge < -0.3 is 9.80 Å². The van der Waals surface area contributed by atoms with Gasteiger partial charge in [-0.05, 0) is 39.2 Å². The van der Waals surface area contributed by atoms with E-state index in [9.17, 15) is 9.59 Å². The van der Waals surface area contributed by atoms with Gasteiger partial charge in [-0.1, -0.05) is 30.3 Å². The SMILES string of the molecule is Cc1nc(C)c(C)c(N2CCC3(CC2)C(=O)N(C)C(=O)N3Cc2ccccc2)n1. The van der Waals surface area contributed by atoms with Gasteiger partial charge in [-0.15, -0.1) is 0 Å². The van der Waals surface area contributed by atoms with E-state index < -0.39 is 5.54 Å². The number of urea groups is 1. The van der Waals surface area contributed by atoms with E-state index in [1.54, 1.807) is 11.9 Å². The van der Waals surface area contributed by atoms with Crippen molar-refractivity contribution in [2.24, 2.45) is 0 Å². The number of amides is 3. The van der Waals surface area contributed by atoms with Gasteiger partial charge in [0.15, 0.2) is 0 Å². The van der Waals surface area contributed by atoms with Crippen LogP contribution in [-0.2, 0) is 11.3 Å². The lowest BCUT2D eigenvalue weighted by Crippen LogP contribution is -2.56. The molecule has 1 spiro atoms. The van der Waals surface area contributed by atoms with E-state index in [-0.39, 0.29) is 11.9 Å². The van der Waals surface area contributed by atoms with E-state index in [4.69, 9.17) is 0 Å². The summed E-state index contributed by atoms with van der Waals surface area (Å²) in [7, 11) is 1.59. The molecule has 2 aromatic rings. The van der Waals surface area contributed by atoms with Crippen LogP contribution in [0, 0.1) is 20.8 Å². The summed E-state index contributed by atoms with van der Waals surface area (Å²) in [6, 6.07) is 9.65. The average molecular weight is 393 g/mol. The predicted molar refractivity (Wildman–Crippen MR) is 111 cm³/mol. The van der Waals surface area contributed by atoms with E-state index >= 15 is 0 Å². The van der Waals surface area contributed by atoms with Crippen molar-refractivity contribution in [3.8, 4) is 0 Å². The lowest BCUT2D eigenvalue weighted by molar-refractivity contribution is -0.133. The molecule has 3 amide bonds. The maximum atomic E-state index is 13.1. The second kappa shape index (κ2) is 7.13. The van der Waals surface area contributed by atoms with E-state index in [0.717, 1.165) is 28.5 Å². The van der Waals surface area contributed by atoms with Gasteiger partial charge in [-0.25, -0.2) is 14.8 Å². The van der Waals surface area contributed by atoms with Crippen LogP contribution in [0.2, 0.25) is 0 Å². The molecule has 1 aromatic heterocycles. The number of nitrogens with zero attached hydrogens (tertiary/aromatic N) is 5. The first-order valence-electron chi connectivity index (χ1n) is 10.0. The largest absolute Gasteiger partial charge is 0.356 e. The Morgan fingerprint density at radius 3 is 2.31 bits per heavy atom. The van der Waals surface area contributed by atoms with Crippen LogP contribution >= 0.6 is 0 Å². The monoisotopic (exact) mass is 393 g/mol. The van der Waals surface area contributed by atoms with Crippen molar-refractivity contribution in [1.29, 1.82) is 0 Å². The van der Waals surface area contributed by atoms with Gasteiger partial charge in [0.05, 0.1) is 0 Å². The van der Waals surface area contributed by atoms with Crippen molar-refractivity contribution >= 4 is 17.8 Å². The number of anilines is 1. The van der Waals surface area contributed by atoms with E-state index in [0.29, 0.717) is 32.5 Å². The molecule has 2 fully saturated rings. The fourth-order valence-electron chi connectivity index (χ4n) is 4.49. The normalized spacial score (nSPS) is 18.8. The molecule has 7 nitrogen and oxygen atoms in total. The highest BCUT2D eigenvalue weighted by atomic mass is 16.2. The first-order valence-corrected chi connectivity index (χ1v) is 10.0. The summed E-state index contributed by atoms with van der Waals surface area (Å²) >= 11 is 0. The minimum absolute atomic E-state index is 0.0927. The summed E-state index contributed by atoms with van der Waals surface area (Å²) in [5, 5.41) is 0. The third-order valence-electron chi connectivity index (χ3n) is 6.29. The maximum Gasteiger partial charge on any atom is 0.327 e. The van der Waals surface area contributed by atoms with E-state index in [1.165, 1.54) is 4.90 Å². The molecule has 3 heterocycles. The summed E-state index contributed by atoms with van der Waals surface area (Å²) in [6.07, 6.45) is 1.19. The van der Waals surface area contributed by atoms with Crippen LogP contribution in [-0.4, -0.2) is 57.4 Å². The molecular formula is C22H27N5O2. The lowest BCUT2D eigenvalue weighted by Gasteiger charge is -2.43. The van der Waals surface area contributed by atoms with Crippen molar-refractivity contribution in [2.75, 3.05) is 25.0 Å². The van der Waals surface area contributed by atoms with Crippen LogP contribution < -0.4 is 4.90 Å². The Balaban J connectivity index is 1.61. The highest BCUT2D eigenvalue weighted by Crippen LogP contribution is 2.39. The fourth-order valence-corrected chi connectivity index (χ4v) is 4.49. The average Bonchev–Trinajstić information content (AvgIpc) is 2.88. The zero-order valence-electron chi connectivity index (χ0n) is 17.5. The Labute approximate surface area is 171 Å². The molecule has 0 aliphatic carbocycles. The summed E-state index contributed by atoms with van der Waals surface area (Å²) in [6.45, 7) is 7.73. The molecule has 1 aromatic carbocycles. The molecule has 0 saturated carbocycles. The number of benzene rings is 1. The van der Waals surface area contributed by atoms with Crippen molar-refractivity contribution in [3.05, 3.63) is 53.0 Å². The number of piperidine rings is 1. The third-order valence-corrected chi connectivity index (χ3v) is 6.29. The highest BCUT2D eigenvalue weighted by molar-refractivity contribution is 6.06. The number of aromatic nitrogens is 2. The van der Waals surface area contributed by atoms with Gasteiger partial charge in [0, 0.05) is 37.9 Å². The summed E-state index contributed by atoms with van der Waals surface area (Å²) in [4.78, 5) is 40.4. The van der Waals surface area contributed by atoms with Crippen LogP contribution in [0.25, 0.3) is 0 Å². The van der Waals surface area contributed by atoms with E-state index in [1.807, 2.05) is 51.1 Å². The van der Waals surface area contributed by atoms with Gasteiger partial charge in [0.25, 0.3) is 5.91 Å². The zero-order valence-corrected chi connectivity index (χ0v) is 17.5. The van der Waals surface area contributed by atoms with Crippen molar-refractivity contribution < 1.29 is 9.59 Å². The first kappa shape index (κ1) is 19.4. The standard InChI is InChI=1S/C22H27N5O2/c1-15-16(2)23-17(3)24-19(15)26-12-10-22(11-13-26)20(28)25(4)21(29)27(22)14-18-8-6-5-7-9-18/h5-9H,10-14H2,1-4H3. The molecule has 29 heavy (non-hydrogen) atoms.